The van der Waals surface area contributed by atoms with Gasteiger partial charge in [0, 0.05) is 29.6 Å². The number of amides is 1. The highest BCUT2D eigenvalue weighted by Crippen LogP contribution is 2.24. The van der Waals surface area contributed by atoms with Gasteiger partial charge in [-0.05, 0) is 51.0 Å². The van der Waals surface area contributed by atoms with Gasteiger partial charge in [0.25, 0.3) is 0 Å². The Balaban J connectivity index is 2.61. The van der Waals surface area contributed by atoms with Crippen molar-refractivity contribution in [3.63, 3.8) is 0 Å². The zero-order chi connectivity index (χ0) is 25.5. The summed E-state index contributed by atoms with van der Waals surface area (Å²) in [5, 5.41) is 30.2. The van der Waals surface area contributed by atoms with Crippen molar-refractivity contribution in [2.45, 2.75) is 65.0 Å². The molecule has 0 aliphatic rings. The topological polar surface area (TPSA) is 124 Å². The van der Waals surface area contributed by atoms with Crippen LogP contribution in [-0.4, -0.2) is 51.8 Å². The number of aliphatic carboxylic acids is 1. The third-order valence-electron chi connectivity index (χ3n) is 5.10. The highest BCUT2D eigenvalue weighted by molar-refractivity contribution is 6.61. The normalized spacial score (nSPS) is 12.1. The maximum Gasteiger partial charge on any atom is 0.490 e. The van der Waals surface area contributed by atoms with Crippen molar-refractivity contribution in [2.75, 3.05) is 4.90 Å². The van der Waals surface area contributed by atoms with E-state index in [1.54, 1.807) is 51.1 Å². The number of rotatable bonds is 10. The van der Waals surface area contributed by atoms with E-state index in [-0.39, 0.29) is 28.9 Å². The highest BCUT2D eigenvalue weighted by atomic mass is 16.6. The minimum atomic E-state index is -2.05. The predicted molar refractivity (Wildman–Crippen MR) is 130 cm³/mol. The van der Waals surface area contributed by atoms with Crippen molar-refractivity contribution in [1.82, 2.24) is 0 Å². The maximum absolute atomic E-state index is 13.2. The number of hydrogen-bond donors (Lipinski definition) is 3. The van der Waals surface area contributed by atoms with Crippen LogP contribution in [0.2, 0.25) is 0 Å². The summed E-state index contributed by atoms with van der Waals surface area (Å²) in [5.74, 6) is -1.48. The third kappa shape index (κ3) is 7.43. The minimum Gasteiger partial charge on any atom is -0.480 e. The number of carboxylic acids is 1. The fourth-order valence-corrected chi connectivity index (χ4v) is 3.47. The van der Waals surface area contributed by atoms with Gasteiger partial charge in [-0.15, -0.1) is 0 Å². The molecule has 0 heterocycles. The van der Waals surface area contributed by atoms with Gasteiger partial charge in [0.05, 0.1) is 0 Å². The van der Waals surface area contributed by atoms with Gasteiger partial charge in [0.15, 0.2) is 5.78 Å². The summed E-state index contributed by atoms with van der Waals surface area (Å²) in [6.07, 6.45) is 0.791. The Hall–Kier alpha value is -3.17. The van der Waals surface area contributed by atoms with Gasteiger partial charge >= 0.3 is 19.2 Å². The summed E-state index contributed by atoms with van der Waals surface area (Å²) >= 11 is 0. The Labute approximate surface area is 200 Å². The average Bonchev–Trinajstić information content (AvgIpc) is 2.76. The first-order chi connectivity index (χ1) is 15.9. The lowest BCUT2D eigenvalue weighted by Crippen LogP contribution is -2.51. The molecule has 34 heavy (non-hydrogen) atoms. The van der Waals surface area contributed by atoms with E-state index < -0.39 is 30.8 Å². The molecule has 1 atom stereocenters. The van der Waals surface area contributed by atoms with E-state index in [1.807, 2.05) is 6.92 Å². The molecule has 0 aliphatic carbocycles. The Morgan fingerprint density at radius 3 is 2.24 bits per heavy atom. The van der Waals surface area contributed by atoms with Gasteiger partial charge in [-0.2, -0.15) is 0 Å². The number of benzene rings is 2. The van der Waals surface area contributed by atoms with E-state index in [1.165, 1.54) is 18.2 Å². The average molecular weight is 469 g/mol. The number of ketones is 1. The summed E-state index contributed by atoms with van der Waals surface area (Å²) < 4.78 is 5.48. The highest BCUT2D eigenvalue weighted by Gasteiger charge is 2.37. The predicted octanol–water partition coefficient (Wildman–Crippen LogP) is 3.18. The molecule has 0 saturated carbocycles. The number of anilines is 1. The lowest BCUT2D eigenvalue weighted by molar-refractivity contribution is -0.138. The molecular formula is C25H32BNO7. The second kappa shape index (κ2) is 11.8. The number of nitrogens with zero attached hydrogens (tertiary/aromatic N) is 1. The molecule has 0 spiro atoms. The molecule has 0 aromatic heterocycles. The molecule has 2 aromatic carbocycles. The maximum atomic E-state index is 13.2. The first-order valence-corrected chi connectivity index (χ1v) is 11.3. The lowest BCUT2D eigenvalue weighted by Gasteiger charge is -2.33. The number of unbranched alkanes of at least 4 members (excludes halogenated alkanes) is 1. The molecule has 2 rings (SSSR count). The molecule has 182 valence electrons. The van der Waals surface area contributed by atoms with E-state index in [0.717, 1.165) is 11.3 Å². The van der Waals surface area contributed by atoms with Gasteiger partial charge in [0.1, 0.15) is 11.6 Å². The molecule has 0 saturated heterocycles. The van der Waals surface area contributed by atoms with Gasteiger partial charge in [-0.25, -0.2) is 9.59 Å². The molecule has 1 unspecified atom stereocenters. The van der Waals surface area contributed by atoms with E-state index in [0.29, 0.717) is 18.4 Å². The summed E-state index contributed by atoms with van der Waals surface area (Å²) in [5.41, 5.74) is -0.230. The first-order valence-electron chi connectivity index (χ1n) is 11.3. The smallest absolute Gasteiger partial charge is 0.480 e. The Morgan fingerprint density at radius 1 is 1.06 bits per heavy atom. The van der Waals surface area contributed by atoms with Crippen molar-refractivity contribution in [1.29, 1.82) is 0 Å². The van der Waals surface area contributed by atoms with Gasteiger partial charge in [-0.1, -0.05) is 43.7 Å². The number of carboxylic acid groups (broad SMARTS) is 1. The fourth-order valence-electron chi connectivity index (χ4n) is 3.47. The molecule has 0 aliphatic heterocycles. The molecule has 2 aromatic rings. The van der Waals surface area contributed by atoms with Crippen LogP contribution in [0.25, 0.3) is 0 Å². The van der Waals surface area contributed by atoms with Crippen LogP contribution >= 0.6 is 0 Å². The molecule has 0 fully saturated rings. The van der Waals surface area contributed by atoms with Crippen LogP contribution in [-0.2, 0) is 16.0 Å². The van der Waals surface area contributed by atoms with Crippen LogP contribution in [0, 0.1) is 0 Å². The largest absolute Gasteiger partial charge is 0.490 e. The van der Waals surface area contributed by atoms with Crippen LogP contribution in [0.5, 0.6) is 0 Å². The second-order valence-corrected chi connectivity index (χ2v) is 9.07. The van der Waals surface area contributed by atoms with Crippen LogP contribution in [0.4, 0.5) is 10.5 Å². The van der Waals surface area contributed by atoms with Crippen molar-refractivity contribution in [3.05, 3.63) is 59.7 Å². The van der Waals surface area contributed by atoms with Gasteiger partial charge in [-0.3, -0.25) is 9.69 Å². The van der Waals surface area contributed by atoms with E-state index in [2.05, 4.69) is 0 Å². The van der Waals surface area contributed by atoms with Crippen molar-refractivity contribution < 1.29 is 34.3 Å². The molecule has 1 amide bonds. The minimum absolute atomic E-state index is 0.0481. The SMILES string of the molecule is CCCCC(=O)c1ccc(N(C(=O)OC(C)(C)C)C(Cc2ccccc2)C(=O)O)c(B(O)O)c1. The molecule has 9 heteroatoms. The van der Waals surface area contributed by atoms with Crippen molar-refractivity contribution in [2.24, 2.45) is 0 Å². The van der Waals surface area contributed by atoms with Gasteiger partial charge < -0.3 is 19.9 Å². The summed E-state index contributed by atoms with van der Waals surface area (Å²) in [6.45, 7) is 6.89. The Morgan fingerprint density at radius 2 is 1.71 bits per heavy atom. The van der Waals surface area contributed by atoms with Crippen LogP contribution in [0.3, 0.4) is 0 Å². The number of carbonyl (C=O) groups is 3. The third-order valence-corrected chi connectivity index (χ3v) is 5.10. The van der Waals surface area contributed by atoms with E-state index in [9.17, 15) is 29.5 Å². The van der Waals surface area contributed by atoms with Crippen LogP contribution in [0.15, 0.2) is 48.5 Å². The summed E-state index contributed by atoms with van der Waals surface area (Å²) in [4.78, 5) is 39.0. The molecule has 0 radical (unpaired) electrons. The summed E-state index contributed by atoms with van der Waals surface area (Å²) in [6, 6.07) is 11.5. The number of ether oxygens (including phenoxy) is 1. The van der Waals surface area contributed by atoms with E-state index >= 15 is 0 Å². The number of hydrogen-bond acceptors (Lipinski definition) is 6. The lowest BCUT2D eigenvalue weighted by atomic mass is 9.77. The van der Waals surface area contributed by atoms with E-state index in [4.69, 9.17) is 4.74 Å². The number of Topliss-reactive ketones (excluding diaryl/α,β-unsaturated/α-hetero) is 1. The molecule has 8 nitrogen and oxygen atoms in total. The van der Waals surface area contributed by atoms with Crippen LogP contribution in [0.1, 0.15) is 62.9 Å². The zero-order valence-corrected chi connectivity index (χ0v) is 20.0. The monoisotopic (exact) mass is 469 g/mol. The van der Waals surface area contributed by atoms with Crippen molar-refractivity contribution >= 4 is 36.1 Å². The Kier molecular flexibility index (Phi) is 9.41. The quantitative estimate of drug-likeness (QED) is 0.361. The van der Waals surface area contributed by atoms with Gasteiger partial charge in [0.2, 0.25) is 0 Å². The molecular weight excluding hydrogens is 437 g/mol. The standard InChI is InChI=1S/C25H32BNO7/c1-5-6-12-22(28)18-13-14-20(19(16-18)26(32)33)27(24(31)34-25(2,3)4)21(23(29)30)15-17-10-8-7-9-11-17/h7-11,13-14,16,21,32-33H,5-6,12,15H2,1-4H3,(H,29,30). The zero-order valence-electron chi connectivity index (χ0n) is 20.0. The molecule has 0 bridgehead atoms. The van der Waals surface area contributed by atoms with Crippen molar-refractivity contribution in [3.8, 4) is 0 Å². The molecule has 3 N–H and O–H groups in total. The second-order valence-electron chi connectivity index (χ2n) is 9.07. The first kappa shape index (κ1) is 27.1. The van der Waals surface area contributed by atoms with Crippen LogP contribution < -0.4 is 10.4 Å². The Bertz CT molecular complexity index is 1000. The number of carbonyl (C=O) groups excluding carboxylic acids is 2. The summed E-state index contributed by atoms with van der Waals surface area (Å²) in [7, 11) is -2.05. The fraction of sp³-hybridized carbons (Fsp3) is 0.400.